The van der Waals surface area contributed by atoms with E-state index in [1.165, 1.54) is 25.2 Å². The fourth-order valence-electron chi connectivity index (χ4n) is 2.63. The van der Waals surface area contributed by atoms with Crippen molar-refractivity contribution < 1.29 is 14.6 Å². The Bertz CT molecular complexity index is 1090. The minimum absolute atomic E-state index is 0.284. The van der Waals surface area contributed by atoms with Gasteiger partial charge in [-0.25, -0.2) is 14.2 Å². The molecule has 0 amide bonds. The first-order valence-electron chi connectivity index (χ1n) is 7.42. The van der Waals surface area contributed by atoms with Crippen molar-refractivity contribution >= 4 is 27.5 Å². The number of aromatic amines is 1. The van der Waals surface area contributed by atoms with Crippen LogP contribution in [0.3, 0.4) is 0 Å². The summed E-state index contributed by atoms with van der Waals surface area (Å²) >= 11 is 1.22. The molecule has 0 bridgehead atoms. The normalized spacial score (nSPS) is 11.6. The van der Waals surface area contributed by atoms with Crippen molar-refractivity contribution in [3.63, 3.8) is 0 Å². The molecular formula is C17H16N2O5S. The van der Waals surface area contributed by atoms with Gasteiger partial charge in [0.25, 0.3) is 5.56 Å². The average molecular weight is 360 g/mol. The second-order valence-corrected chi connectivity index (χ2v) is 6.90. The minimum Gasteiger partial charge on any atom is -0.497 e. The van der Waals surface area contributed by atoms with E-state index in [1.54, 1.807) is 30.7 Å². The van der Waals surface area contributed by atoms with Crippen LogP contribution < -0.4 is 16.0 Å². The Hall–Kier alpha value is -2.87. The summed E-state index contributed by atoms with van der Waals surface area (Å²) in [5.74, 6) is -0.634. The third-order valence-electron chi connectivity index (χ3n) is 4.09. The Morgan fingerprint density at radius 2 is 2.04 bits per heavy atom. The van der Waals surface area contributed by atoms with Crippen LogP contribution in [0, 0.1) is 0 Å². The molecule has 7 nitrogen and oxygen atoms in total. The first-order chi connectivity index (χ1) is 11.8. The summed E-state index contributed by atoms with van der Waals surface area (Å²) in [5, 5.41) is 11.4. The highest BCUT2D eigenvalue weighted by molar-refractivity contribution is 7.17. The predicted molar refractivity (Wildman–Crippen MR) is 95.7 cm³/mol. The number of carboxylic acids is 1. The van der Waals surface area contributed by atoms with E-state index in [2.05, 4.69) is 4.98 Å². The second kappa shape index (κ2) is 5.89. The number of carbonyl (C=O) groups is 1. The van der Waals surface area contributed by atoms with E-state index in [9.17, 15) is 19.5 Å². The summed E-state index contributed by atoms with van der Waals surface area (Å²) < 4.78 is 5.95. The maximum atomic E-state index is 13.0. The zero-order valence-electron chi connectivity index (χ0n) is 13.8. The summed E-state index contributed by atoms with van der Waals surface area (Å²) in [4.78, 5) is 39.8. The Labute approximate surface area is 146 Å². The lowest BCUT2D eigenvalue weighted by Gasteiger charge is -2.21. The van der Waals surface area contributed by atoms with Crippen molar-refractivity contribution in [2.75, 3.05) is 7.11 Å². The topological polar surface area (TPSA) is 101 Å². The molecular weight excluding hydrogens is 344 g/mol. The van der Waals surface area contributed by atoms with Crippen molar-refractivity contribution in [2.45, 2.75) is 19.4 Å². The van der Waals surface area contributed by atoms with E-state index in [-0.39, 0.29) is 5.39 Å². The van der Waals surface area contributed by atoms with E-state index >= 15 is 0 Å². The molecule has 0 unspecified atom stereocenters. The number of nitrogens with zero attached hydrogens (tertiary/aromatic N) is 1. The highest BCUT2D eigenvalue weighted by Crippen LogP contribution is 2.32. The third-order valence-corrected chi connectivity index (χ3v) is 4.99. The first-order valence-corrected chi connectivity index (χ1v) is 8.30. The standard InChI is InChI=1S/C17H16N2O5S/c1-17(2,15(21)22)19-14(20)12-11(8-25-13(12)18-16(19)23)9-5-4-6-10(7-9)24-3/h4-8H,1-3H3,(H,18,23)(H,21,22). The van der Waals surface area contributed by atoms with Crippen LogP contribution in [0.1, 0.15) is 13.8 Å². The molecule has 0 aliphatic heterocycles. The number of carboxylic acid groups (broad SMARTS) is 1. The van der Waals surface area contributed by atoms with Gasteiger partial charge in [0.2, 0.25) is 0 Å². The smallest absolute Gasteiger partial charge is 0.330 e. The largest absolute Gasteiger partial charge is 0.497 e. The highest BCUT2D eigenvalue weighted by atomic mass is 32.1. The number of benzene rings is 1. The van der Waals surface area contributed by atoms with Crippen molar-refractivity contribution in [3.8, 4) is 16.9 Å². The average Bonchev–Trinajstić information content (AvgIpc) is 2.98. The molecule has 3 aromatic rings. The molecule has 0 saturated carbocycles. The van der Waals surface area contributed by atoms with Crippen molar-refractivity contribution in [2.24, 2.45) is 0 Å². The van der Waals surface area contributed by atoms with Crippen LogP contribution in [-0.2, 0) is 10.3 Å². The molecule has 0 spiro atoms. The molecule has 8 heteroatoms. The number of aliphatic carboxylic acids is 1. The molecule has 1 aromatic carbocycles. The van der Waals surface area contributed by atoms with Gasteiger partial charge in [-0.1, -0.05) is 12.1 Å². The van der Waals surface area contributed by atoms with E-state index in [4.69, 9.17) is 4.74 Å². The van der Waals surface area contributed by atoms with Crippen molar-refractivity contribution in [1.29, 1.82) is 0 Å². The van der Waals surface area contributed by atoms with Crippen LogP contribution in [0.25, 0.3) is 21.3 Å². The number of fused-ring (bicyclic) bond motifs is 1. The lowest BCUT2D eigenvalue weighted by Crippen LogP contribution is -2.50. The lowest BCUT2D eigenvalue weighted by atomic mass is 10.0. The van der Waals surface area contributed by atoms with Crippen LogP contribution in [0.2, 0.25) is 0 Å². The summed E-state index contributed by atoms with van der Waals surface area (Å²) in [6.07, 6.45) is 0. The monoisotopic (exact) mass is 360 g/mol. The van der Waals surface area contributed by atoms with Gasteiger partial charge in [-0.15, -0.1) is 11.3 Å². The number of thiophene rings is 1. The number of H-pyrrole nitrogens is 1. The fourth-order valence-corrected chi connectivity index (χ4v) is 3.58. The van der Waals surface area contributed by atoms with Gasteiger partial charge in [0, 0.05) is 10.9 Å². The van der Waals surface area contributed by atoms with Crippen molar-refractivity contribution in [1.82, 2.24) is 9.55 Å². The maximum Gasteiger partial charge on any atom is 0.330 e. The van der Waals surface area contributed by atoms with Gasteiger partial charge < -0.3 is 9.84 Å². The molecule has 0 aliphatic rings. The van der Waals surface area contributed by atoms with Crippen LogP contribution in [0.5, 0.6) is 5.75 Å². The van der Waals surface area contributed by atoms with Gasteiger partial charge in [0.15, 0.2) is 0 Å². The molecule has 2 heterocycles. The lowest BCUT2D eigenvalue weighted by molar-refractivity contribution is -0.146. The number of hydrogen-bond donors (Lipinski definition) is 2. The number of nitrogens with one attached hydrogen (secondary N) is 1. The van der Waals surface area contributed by atoms with Crippen LogP contribution in [0.15, 0.2) is 39.2 Å². The number of hydrogen-bond acceptors (Lipinski definition) is 5. The fraction of sp³-hybridized carbons (Fsp3) is 0.235. The quantitative estimate of drug-likeness (QED) is 0.743. The van der Waals surface area contributed by atoms with E-state index < -0.39 is 22.8 Å². The van der Waals surface area contributed by atoms with Gasteiger partial charge in [0.1, 0.15) is 16.1 Å². The number of aromatic nitrogens is 2. The third kappa shape index (κ3) is 2.64. The number of ether oxygens (including phenoxy) is 1. The SMILES string of the molecule is COc1cccc(-c2csc3[nH]c(=O)n(C(C)(C)C(=O)O)c(=O)c23)c1. The summed E-state index contributed by atoms with van der Waals surface area (Å²) in [6, 6.07) is 7.18. The predicted octanol–water partition coefficient (Wildman–Crippen LogP) is 2.25. The molecule has 0 fully saturated rings. The van der Waals surface area contributed by atoms with E-state index in [1.807, 2.05) is 6.07 Å². The molecule has 130 valence electrons. The van der Waals surface area contributed by atoms with E-state index in [0.29, 0.717) is 16.1 Å². The molecule has 0 radical (unpaired) electrons. The number of rotatable bonds is 4. The molecule has 3 rings (SSSR count). The van der Waals surface area contributed by atoms with Crippen molar-refractivity contribution in [3.05, 3.63) is 50.5 Å². The molecule has 2 N–H and O–H groups in total. The molecule has 25 heavy (non-hydrogen) atoms. The zero-order chi connectivity index (χ0) is 18.4. The van der Waals surface area contributed by atoms with Crippen LogP contribution in [-0.4, -0.2) is 27.7 Å². The van der Waals surface area contributed by atoms with Gasteiger partial charge in [-0.3, -0.25) is 9.78 Å². The number of methoxy groups -OCH3 is 1. The Balaban J connectivity index is 2.36. The van der Waals surface area contributed by atoms with Gasteiger partial charge in [0.05, 0.1) is 12.5 Å². The van der Waals surface area contributed by atoms with Crippen LogP contribution in [0.4, 0.5) is 0 Å². The highest BCUT2D eigenvalue weighted by Gasteiger charge is 2.33. The summed E-state index contributed by atoms with van der Waals surface area (Å²) in [6.45, 7) is 2.63. The second-order valence-electron chi connectivity index (χ2n) is 6.02. The van der Waals surface area contributed by atoms with Crippen LogP contribution >= 0.6 is 11.3 Å². The minimum atomic E-state index is -1.67. The van der Waals surface area contributed by atoms with Gasteiger partial charge in [-0.2, -0.15) is 0 Å². The van der Waals surface area contributed by atoms with E-state index in [0.717, 1.165) is 10.1 Å². The molecule has 0 aliphatic carbocycles. The Morgan fingerprint density at radius 3 is 2.68 bits per heavy atom. The molecule has 0 saturated heterocycles. The summed E-state index contributed by atoms with van der Waals surface area (Å²) in [7, 11) is 1.55. The zero-order valence-corrected chi connectivity index (χ0v) is 14.6. The van der Waals surface area contributed by atoms with Gasteiger partial charge in [-0.05, 0) is 31.5 Å². The maximum absolute atomic E-state index is 13.0. The Morgan fingerprint density at radius 1 is 1.32 bits per heavy atom. The molecule has 2 aromatic heterocycles. The van der Waals surface area contributed by atoms with Gasteiger partial charge >= 0.3 is 11.7 Å². The first kappa shape index (κ1) is 17.0. The molecule has 0 atom stereocenters. The Kier molecular flexibility index (Phi) is 4.00. The summed E-state index contributed by atoms with van der Waals surface area (Å²) in [5.41, 5.74) is -1.69.